The molecular weight excluding hydrogens is 388 g/mol. The summed E-state index contributed by atoms with van der Waals surface area (Å²) < 4.78 is 5.27. The first-order chi connectivity index (χ1) is 15.1. The number of benzene rings is 2. The van der Waals surface area contributed by atoms with Crippen LogP contribution in [0.15, 0.2) is 77.4 Å². The molecule has 5 rings (SSSR count). The van der Waals surface area contributed by atoms with Crippen molar-refractivity contribution in [1.29, 1.82) is 5.26 Å². The van der Waals surface area contributed by atoms with Crippen molar-refractivity contribution in [1.82, 2.24) is 4.98 Å². The van der Waals surface area contributed by atoms with Gasteiger partial charge >= 0.3 is 0 Å². The van der Waals surface area contributed by atoms with Gasteiger partial charge in [-0.15, -0.1) is 0 Å². The predicted molar refractivity (Wildman–Crippen MR) is 119 cm³/mol. The topological polar surface area (TPSA) is 95.1 Å². The van der Waals surface area contributed by atoms with Gasteiger partial charge in [0.15, 0.2) is 5.78 Å². The molecule has 1 aromatic heterocycles. The second kappa shape index (κ2) is 7.37. The standard InChI is InChI=1S/C25H22N4O2/c1-31-18-8-6-17(7-9-18)29-21-3-2-4-22(30)24(21)23(19(14-26)25(29)27)16-5-10-20-15(13-16)11-12-28-20/h5-13,23,28H,2-4,27H2,1H3. The first-order valence-corrected chi connectivity index (χ1v) is 10.3. The van der Waals surface area contributed by atoms with E-state index in [-0.39, 0.29) is 5.78 Å². The third-order valence-corrected chi connectivity index (χ3v) is 6.15. The Kier molecular flexibility index (Phi) is 4.52. The summed E-state index contributed by atoms with van der Waals surface area (Å²) >= 11 is 0. The van der Waals surface area contributed by atoms with Gasteiger partial charge in [-0.05, 0) is 66.3 Å². The molecule has 1 aliphatic carbocycles. The number of aromatic amines is 1. The smallest absolute Gasteiger partial charge is 0.161 e. The number of nitrogens with zero attached hydrogens (tertiary/aromatic N) is 2. The summed E-state index contributed by atoms with van der Waals surface area (Å²) in [4.78, 5) is 18.2. The zero-order valence-electron chi connectivity index (χ0n) is 17.2. The summed E-state index contributed by atoms with van der Waals surface area (Å²) in [6.07, 6.45) is 3.86. The molecule has 3 N–H and O–H groups in total. The Hall–Kier alpha value is -3.98. The number of nitrogens with one attached hydrogen (secondary N) is 1. The van der Waals surface area contributed by atoms with E-state index in [2.05, 4.69) is 11.1 Å². The van der Waals surface area contributed by atoms with Crippen molar-refractivity contribution >= 4 is 22.4 Å². The summed E-state index contributed by atoms with van der Waals surface area (Å²) in [5, 5.41) is 11.2. The number of fused-ring (bicyclic) bond motifs is 1. The van der Waals surface area contributed by atoms with Gasteiger partial charge in [0.05, 0.1) is 24.7 Å². The van der Waals surface area contributed by atoms with Crippen molar-refractivity contribution in [3.05, 3.63) is 83.0 Å². The van der Waals surface area contributed by atoms with E-state index < -0.39 is 5.92 Å². The molecule has 3 aromatic rings. The highest BCUT2D eigenvalue weighted by Crippen LogP contribution is 2.46. The first-order valence-electron chi connectivity index (χ1n) is 10.3. The molecule has 0 fully saturated rings. The van der Waals surface area contributed by atoms with Gasteiger partial charge in [0.2, 0.25) is 0 Å². The zero-order chi connectivity index (χ0) is 21.5. The Morgan fingerprint density at radius 2 is 1.97 bits per heavy atom. The third-order valence-electron chi connectivity index (χ3n) is 6.15. The van der Waals surface area contributed by atoms with Crippen LogP contribution in [0.5, 0.6) is 5.75 Å². The summed E-state index contributed by atoms with van der Waals surface area (Å²) in [6, 6.07) is 17.8. The molecule has 0 spiro atoms. The van der Waals surface area contributed by atoms with Gasteiger partial charge in [-0.25, -0.2) is 0 Å². The molecule has 6 heteroatoms. The molecule has 1 atom stereocenters. The fourth-order valence-electron chi connectivity index (χ4n) is 4.70. The maximum Gasteiger partial charge on any atom is 0.161 e. The molecule has 0 saturated carbocycles. The van der Waals surface area contributed by atoms with Crippen LogP contribution in [0.2, 0.25) is 0 Å². The number of ether oxygens (including phenoxy) is 1. The lowest BCUT2D eigenvalue weighted by Gasteiger charge is -2.39. The number of nitriles is 1. The van der Waals surface area contributed by atoms with Crippen LogP contribution in [0.1, 0.15) is 30.7 Å². The molecule has 31 heavy (non-hydrogen) atoms. The SMILES string of the molecule is COc1ccc(N2C(N)=C(C#N)C(c3ccc4[nH]ccc4c3)C3=C2CCCC3=O)cc1. The average Bonchev–Trinajstić information content (AvgIpc) is 3.26. The highest BCUT2D eigenvalue weighted by Gasteiger charge is 2.40. The number of H-pyrrole nitrogens is 1. The van der Waals surface area contributed by atoms with Crippen LogP contribution in [-0.4, -0.2) is 17.9 Å². The van der Waals surface area contributed by atoms with E-state index in [1.54, 1.807) is 7.11 Å². The number of carbonyl (C=O) groups excluding carboxylic acids is 1. The van der Waals surface area contributed by atoms with Crippen molar-refractivity contribution in [3.8, 4) is 11.8 Å². The van der Waals surface area contributed by atoms with Crippen LogP contribution in [0.25, 0.3) is 10.9 Å². The Balaban J connectivity index is 1.72. The maximum absolute atomic E-state index is 13.2. The molecule has 2 aliphatic rings. The molecule has 2 heterocycles. The second-order valence-corrected chi connectivity index (χ2v) is 7.84. The molecule has 0 radical (unpaired) electrons. The van der Waals surface area contributed by atoms with Crippen molar-refractivity contribution in [2.24, 2.45) is 5.73 Å². The number of allylic oxidation sites excluding steroid dienone is 3. The van der Waals surface area contributed by atoms with Crippen molar-refractivity contribution < 1.29 is 9.53 Å². The van der Waals surface area contributed by atoms with Gasteiger partial charge < -0.3 is 15.5 Å². The highest BCUT2D eigenvalue weighted by atomic mass is 16.5. The van der Waals surface area contributed by atoms with Crippen molar-refractivity contribution in [2.75, 3.05) is 12.0 Å². The molecule has 154 valence electrons. The fourth-order valence-corrected chi connectivity index (χ4v) is 4.70. The summed E-state index contributed by atoms with van der Waals surface area (Å²) in [6.45, 7) is 0. The molecule has 0 bridgehead atoms. The van der Waals surface area contributed by atoms with Crippen LogP contribution in [0.4, 0.5) is 5.69 Å². The number of anilines is 1. The van der Waals surface area contributed by atoms with E-state index >= 15 is 0 Å². The van der Waals surface area contributed by atoms with Crippen molar-refractivity contribution in [3.63, 3.8) is 0 Å². The molecule has 0 saturated heterocycles. The summed E-state index contributed by atoms with van der Waals surface area (Å²) in [5.74, 6) is 0.733. The van der Waals surface area contributed by atoms with Gasteiger partial charge in [-0.1, -0.05) is 6.07 Å². The number of Topliss-reactive ketones (excluding diaryl/α,β-unsaturated/α-hetero) is 1. The van der Waals surface area contributed by atoms with E-state index in [1.807, 2.05) is 59.6 Å². The van der Waals surface area contributed by atoms with Gasteiger partial charge in [0.1, 0.15) is 11.6 Å². The maximum atomic E-state index is 13.2. The van der Waals surface area contributed by atoms with Gasteiger partial charge in [-0.2, -0.15) is 5.26 Å². The van der Waals surface area contributed by atoms with Gasteiger partial charge in [-0.3, -0.25) is 9.69 Å². The number of hydrogen-bond acceptors (Lipinski definition) is 5. The minimum absolute atomic E-state index is 0.0826. The van der Waals surface area contributed by atoms with E-state index in [4.69, 9.17) is 10.5 Å². The Morgan fingerprint density at radius 1 is 1.16 bits per heavy atom. The highest BCUT2D eigenvalue weighted by molar-refractivity contribution is 6.01. The number of carbonyl (C=O) groups is 1. The Morgan fingerprint density at radius 3 is 2.71 bits per heavy atom. The molecule has 1 unspecified atom stereocenters. The van der Waals surface area contributed by atoms with Crippen LogP contribution in [0, 0.1) is 11.3 Å². The molecular formula is C25H22N4O2. The Labute approximate surface area is 180 Å². The Bertz CT molecular complexity index is 1290. The minimum Gasteiger partial charge on any atom is -0.497 e. The van der Waals surface area contributed by atoms with Crippen LogP contribution >= 0.6 is 0 Å². The number of ketones is 1. The lowest BCUT2D eigenvalue weighted by atomic mass is 9.75. The first kappa shape index (κ1) is 19.0. The molecule has 1 aliphatic heterocycles. The largest absolute Gasteiger partial charge is 0.497 e. The minimum atomic E-state index is -0.457. The molecule has 6 nitrogen and oxygen atoms in total. The summed E-state index contributed by atoms with van der Waals surface area (Å²) in [7, 11) is 1.62. The van der Waals surface area contributed by atoms with E-state index in [9.17, 15) is 10.1 Å². The number of hydrogen-bond donors (Lipinski definition) is 2. The third kappa shape index (κ3) is 2.98. The number of aromatic nitrogens is 1. The predicted octanol–water partition coefficient (Wildman–Crippen LogP) is 4.48. The molecule has 0 amide bonds. The van der Waals surface area contributed by atoms with E-state index in [0.717, 1.165) is 46.4 Å². The normalized spacial score (nSPS) is 18.9. The van der Waals surface area contributed by atoms with E-state index in [0.29, 0.717) is 23.4 Å². The number of rotatable bonds is 3. The lowest BCUT2D eigenvalue weighted by molar-refractivity contribution is -0.116. The number of methoxy groups -OCH3 is 1. The molecule has 2 aromatic carbocycles. The van der Waals surface area contributed by atoms with Gasteiger partial charge in [0, 0.05) is 35.1 Å². The quantitative estimate of drug-likeness (QED) is 0.664. The zero-order valence-corrected chi connectivity index (χ0v) is 17.2. The lowest BCUT2D eigenvalue weighted by Crippen LogP contribution is -2.38. The fraction of sp³-hybridized carbons (Fsp3) is 0.200. The van der Waals surface area contributed by atoms with Gasteiger partial charge in [0.25, 0.3) is 0 Å². The monoisotopic (exact) mass is 410 g/mol. The average molecular weight is 410 g/mol. The second-order valence-electron chi connectivity index (χ2n) is 7.84. The van der Waals surface area contributed by atoms with Crippen molar-refractivity contribution in [2.45, 2.75) is 25.2 Å². The van der Waals surface area contributed by atoms with Crippen LogP contribution in [-0.2, 0) is 4.79 Å². The van der Waals surface area contributed by atoms with Crippen LogP contribution < -0.4 is 15.4 Å². The number of nitrogens with two attached hydrogens (primary N) is 1. The van der Waals surface area contributed by atoms with E-state index in [1.165, 1.54) is 0 Å². The van der Waals surface area contributed by atoms with Crippen LogP contribution in [0.3, 0.4) is 0 Å². The summed E-state index contributed by atoms with van der Waals surface area (Å²) in [5.41, 5.74) is 11.3.